The third-order valence-corrected chi connectivity index (χ3v) is 1.98. The fourth-order valence-corrected chi connectivity index (χ4v) is 1.41. The maximum atomic E-state index is 8.70. The molecule has 0 spiro atoms. The Morgan fingerprint density at radius 3 is 2.33 bits per heavy atom. The van der Waals surface area contributed by atoms with Gasteiger partial charge in [0.1, 0.15) is 5.75 Å². The average molecular weight is 228 g/mol. The van der Waals surface area contributed by atoms with Crippen LogP contribution < -0.4 is 4.65 Å². The topological polar surface area (TPSA) is 49.7 Å². The zero-order chi connectivity index (χ0) is 9.97. The van der Waals surface area contributed by atoms with Crippen LogP contribution in [0.5, 0.6) is 5.75 Å². The summed E-state index contributed by atoms with van der Waals surface area (Å²) < 4.78 is 4.84. The molecule has 0 fully saturated rings. The monoisotopic (exact) mass is 228 g/mol. The van der Waals surface area contributed by atoms with E-state index >= 15 is 0 Å². The van der Waals surface area contributed by atoms with Gasteiger partial charge in [-0.1, -0.05) is 36.4 Å². The molecule has 0 radical (unpaired) electrons. The van der Waals surface area contributed by atoms with Crippen molar-refractivity contribution in [3.63, 3.8) is 0 Å². The number of hydrogen-bond donors (Lipinski definition) is 2. The molecule has 0 atom stereocenters. The molecule has 0 unspecified atom stereocenters. The van der Waals surface area contributed by atoms with Gasteiger partial charge in [0.15, 0.2) is 0 Å². The Morgan fingerprint density at radius 2 is 1.60 bits per heavy atom. The van der Waals surface area contributed by atoms with Crippen LogP contribution in [-0.4, -0.2) is 68.8 Å². The second kappa shape index (κ2) is 6.01. The molecule has 15 heavy (non-hydrogen) atoms. The second-order valence-corrected chi connectivity index (χ2v) is 2.92. The van der Waals surface area contributed by atoms with E-state index < -0.39 is 7.32 Å². The van der Waals surface area contributed by atoms with Gasteiger partial charge in [-0.05, 0) is 11.5 Å². The van der Waals surface area contributed by atoms with Crippen molar-refractivity contribution in [2.24, 2.45) is 0 Å². The first-order chi connectivity index (χ1) is 6.77. The van der Waals surface area contributed by atoms with Crippen LogP contribution in [0, 0.1) is 0 Å². The molecule has 0 bridgehead atoms. The minimum atomic E-state index is -1.78. The van der Waals surface area contributed by atoms with E-state index in [2.05, 4.69) is 0 Å². The molecule has 0 saturated carbocycles. The number of hydrogen-bond acceptors (Lipinski definition) is 3. The Bertz CT molecular complexity index is 442. The van der Waals surface area contributed by atoms with E-state index in [1.807, 2.05) is 30.3 Å². The molecular formula is C10H10BKO3. The minimum absolute atomic E-state index is 0. The van der Waals surface area contributed by atoms with Gasteiger partial charge in [0.05, 0.1) is 0 Å². The predicted molar refractivity (Wildman–Crippen MR) is 61.9 cm³/mol. The standard InChI is InChI=1S/C10H9BO3.K.H/c12-11(13)14-10-7-3-5-8-4-1-2-6-9(8)10;;/h1-7,12-13H;;. The fraction of sp³-hybridized carbons (Fsp3) is 0. The van der Waals surface area contributed by atoms with E-state index in [1.165, 1.54) is 0 Å². The molecule has 72 valence electrons. The van der Waals surface area contributed by atoms with E-state index in [0.29, 0.717) is 5.75 Å². The van der Waals surface area contributed by atoms with E-state index in [4.69, 9.17) is 14.7 Å². The Morgan fingerprint density at radius 1 is 0.933 bits per heavy atom. The summed E-state index contributed by atoms with van der Waals surface area (Å²) in [5, 5.41) is 19.3. The summed E-state index contributed by atoms with van der Waals surface area (Å²) >= 11 is 0. The first-order valence-corrected chi connectivity index (χ1v) is 4.28. The summed E-state index contributed by atoms with van der Waals surface area (Å²) in [6.45, 7) is 0. The van der Waals surface area contributed by atoms with Gasteiger partial charge in [-0.25, -0.2) is 0 Å². The molecule has 0 amide bonds. The van der Waals surface area contributed by atoms with Crippen LogP contribution in [-0.2, 0) is 0 Å². The summed E-state index contributed by atoms with van der Waals surface area (Å²) in [4.78, 5) is 0. The molecule has 0 aliphatic heterocycles. The van der Waals surface area contributed by atoms with Gasteiger partial charge in [0, 0.05) is 5.39 Å². The van der Waals surface area contributed by atoms with Crippen LogP contribution in [0.25, 0.3) is 10.8 Å². The zero-order valence-corrected chi connectivity index (χ0v) is 7.42. The van der Waals surface area contributed by atoms with Gasteiger partial charge in [-0.2, -0.15) is 0 Å². The molecule has 0 aliphatic carbocycles. The Labute approximate surface area is 131 Å². The molecule has 5 heteroatoms. The first-order valence-electron chi connectivity index (χ1n) is 4.28. The van der Waals surface area contributed by atoms with Crippen molar-refractivity contribution >= 4 is 69.5 Å². The van der Waals surface area contributed by atoms with Crippen molar-refractivity contribution in [3.05, 3.63) is 42.5 Å². The van der Waals surface area contributed by atoms with Gasteiger partial charge < -0.3 is 14.7 Å². The predicted octanol–water partition coefficient (Wildman–Crippen LogP) is 0.540. The zero-order valence-electron chi connectivity index (χ0n) is 7.42. The van der Waals surface area contributed by atoms with Crippen LogP contribution in [0.4, 0.5) is 0 Å². The average Bonchev–Trinajstić information content (AvgIpc) is 2.18. The summed E-state index contributed by atoms with van der Waals surface area (Å²) in [6, 6.07) is 13.0. The molecule has 2 aromatic rings. The molecule has 0 saturated heterocycles. The summed E-state index contributed by atoms with van der Waals surface area (Å²) in [6.07, 6.45) is 0. The molecule has 0 heterocycles. The van der Waals surface area contributed by atoms with E-state index in [-0.39, 0.29) is 51.4 Å². The quantitative estimate of drug-likeness (QED) is 0.737. The normalized spacial score (nSPS) is 9.47. The Kier molecular flexibility index (Phi) is 5.28. The molecule has 3 nitrogen and oxygen atoms in total. The molecular weight excluding hydrogens is 218 g/mol. The van der Waals surface area contributed by atoms with Crippen molar-refractivity contribution < 1.29 is 14.7 Å². The fourth-order valence-electron chi connectivity index (χ4n) is 1.41. The van der Waals surface area contributed by atoms with Crippen LogP contribution in [0.2, 0.25) is 0 Å². The number of rotatable bonds is 2. The van der Waals surface area contributed by atoms with Crippen molar-refractivity contribution in [1.82, 2.24) is 0 Å². The van der Waals surface area contributed by atoms with Gasteiger partial charge in [0.2, 0.25) is 0 Å². The van der Waals surface area contributed by atoms with Crippen LogP contribution in [0.15, 0.2) is 42.5 Å². The summed E-state index contributed by atoms with van der Waals surface area (Å²) in [5.74, 6) is 0.470. The van der Waals surface area contributed by atoms with Crippen molar-refractivity contribution in [2.75, 3.05) is 0 Å². The van der Waals surface area contributed by atoms with Crippen LogP contribution in [0.3, 0.4) is 0 Å². The van der Waals surface area contributed by atoms with E-state index in [1.54, 1.807) is 12.1 Å². The van der Waals surface area contributed by atoms with Gasteiger partial charge in [0.25, 0.3) is 0 Å². The van der Waals surface area contributed by atoms with Crippen molar-refractivity contribution in [2.45, 2.75) is 0 Å². The van der Waals surface area contributed by atoms with E-state index in [9.17, 15) is 0 Å². The van der Waals surface area contributed by atoms with Gasteiger partial charge in [-0.3, -0.25) is 0 Å². The maximum absolute atomic E-state index is 8.70. The SMILES string of the molecule is OB(O)Oc1cccc2ccccc12.[KH]. The van der Waals surface area contributed by atoms with Crippen LogP contribution in [0.1, 0.15) is 0 Å². The first kappa shape index (κ1) is 13.2. The van der Waals surface area contributed by atoms with Gasteiger partial charge >= 0.3 is 58.7 Å². The number of benzene rings is 2. The van der Waals surface area contributed by atoms with Crippen LogP contribution >= 0.6 is 0 Å². The molecule has 0 aliphatic rings. The third-order valence-electron chi connectivity index (χ3n) is 1.98. The molecule has 2 rings (SSSR count). The molecule has 0 aromatic heterocycles. The van der Waals surface area contributed by atoms with Crippen molar-refractivity contribution in [3.8, 4) is 5.75 Å². The van der Waals surface area contributed by atoms with Crippen molar-refractivity contribution in [1.29, 1.82) is 0 Å². The molecule has 2 aromatic carbocycles. The Hall–Kier alpha value is 0.121. The third kappa shape index (κ3) is 3.29. The summed E-state index contributed by atoms with van der Waals surface area (Å²) in [7, 11) is -1.78. The summed E-state index contributed by atoms with van der Waals surface area (Å²) in [5.41, 5.74) is 0. The van der Waals surface area contributed by atoms with Gasteiger partial charge in [-0.15, -0.1) is 0 Å². The Balaban J connectivity index is 0.00000112. The second-order valence-electron chi connectivity index (χ2n) is 2.92. The van der Waals surface area contributed by atoms with E-state index in [0.717, 1.165) is 10.8 Å². The number of fused-ring (bicyclic) bond motifs is 1. The molecule has 2 N–H and O–H groups in total.